The molecule has 2 heterocycles. The highest BCUT2D eigenvalue weighted by Crippen LogP contribution is 2.30. The van der Waals surface area contributed by atoms with E-state index in [0.29, 0.717) is 22.0 Å². The first-order valence-corrected chi connectivity index (χ1v) is 8.61. The summed E-state index contributed by atoms with van der Waals surface area (Å²) in [6.07, 6.45) is 0.219. The molecule has 0 aliphatic carbocycles. The number of likely N-dealkylation sites (N-methyl/N-ethyl adjacent to an activating group) is 1. The molecule has 1 unspecified atom stereocenters. The van der Waals surface area contributed by atoms with Crippen LogP contribution in [0.5, 0.6) is 0 Å². The summed E-state index contributed by atoms with van der Waals surface area (Å²) in [5.74, 6) is 3.68. The predicted molar refractivity (Wildman–Crippen MR) is 94.8 cm³/mol. The first kappa shape index (κ1) is 18.0. The Morgan fingerprint density at radius 1 is 1.50 bits per heavy atom. The Labute approximate surface area is 153 Å². The maximum absolute atomic E-state index is 14.2. The van der Waals surface area contributed by atoms with Crippen molar-refractivity contribution in [2.75, 3.05) is 13.6 Å². The number of amides is 2. The van der Waals surface area contributed by atoms with Crippen LogP contribution >= 0.6 is 11.3 Å². The van der Waals surface area contributed by atoms with Crippen LogP contribution in [0.1, 0.15) is 27.3 Å². The Morgan fingerprint density at radius 2 is 2.23 bits per heavy atom. The smallest absolute Gasteiger partial charge is 0.268 e. The summed E-state index contributed by atoms with van der Waals surface area (Å²) in [5.41, 5.74) is 4.24. The molecule has 3 rings (SSSR count). The Balaban J connectivity index is 1.97. The van der Waals surface area contributed by atoms with E-state index in [2.05, 4.69) is 16.8 Å². The molecule has 2 aromatic rings. The number of hydrogen-bond acceptors (Lipinski definition) is 5. The number of nitrogens with two attached hydrogens (primary N) is 1. The summed E-state index contributed by atoms with van der Waals surface area (Å²) < 4.78 is 14.2. The van der Waals surface area contributed by atoms with E-state index in [0.717, 1.165) is 11.3 Å². The second-order valence-corrected chi connectivity index (χ2v) is 7.27. The molecule has 0 saturated carbocycles. The van der Waals surface area contributed by atoms with Crippen molar-refractivity contribution in [2.45, 2.75) is 18.9 Å². The molecule has 134 valence electrons. The molecule has 0 bridgehead atoms. The summed E-state index contributed by atoms with van der Waals surface area (Å²) in [5, 5.41) is 10.6. The van der Waals surface area contributed by atoms with Crippen molar-refractivity contribution in [2.24, 2.45) is 5.73 Å². The molecule has 1 fully saturated rings. The number of nitrogens with zero attached hydrogens (tertiary/aromatic N) is 2. The monoisotopic (exact) mass is 373 g/mol. The molecule has 1 aliphatic rings. The zero-order valence-corrected chi connectivity index (χ0v) is 15.0. The van der Waals surface area contributed by atoms with E-state index < -0.39 is 23.2 Å². The van der Waals surface area contributed by atoms with Gasteiger partial charge in [-0.1, -0.05) is 11.8 Å². The molecule has 0 spiro atoms. The molecule has 2 amide bonds. The van der Waals surface area contributed by atoms with Gasteiger partial charge in [-0.3, -0.25) is 9.59 Å². The lowest BCUT2D eigenvalue weighted by Gasteiger charge is -2.13. The number of aryl methyl sites for hydroxylation is 1. The zero-order valence-electron chi connectivity index (χ0n) is 14.2. The highest BCUT2D eigenvalue weighted by molar-refractivity contribution is 7.15. The van der Waals surface area contributed by atoms with Crippen LogP contribution in [0.4, 0.5) is 4.39 Å². The van der Waals surface area contributed by atoms with Crippen molar-refractivity contribution in [1.82, 2.24) is 9.88 Å². The summed E-state index contributed by atoms with van der Waals surface area (Å²) in [6.45, 7) is 2.10. The maximum atomic E-state index is 14.2. The Hall–Kier alpha value is -2.76. The van der Waals surface area contributed by atoms with Crippen LogP contribution in [0.25, 0.3) is 10.6 Å². The van der Waals surface area contributed by atoms with E-state index in [1.807, 2.05) is 0 Å². The molecular formula is C18H16FN3O3S. The van der Waals surface area contributed by atoms with E-state index in [-0.39, 0.29) is 17.7 Å². The molecule has 1 aromatic carbocycles. The Kier molecular flexibility index (Phi) is 4.52. The van der Waals surface area contributed by atoms with Crippen LogP contribution in [-0.2, 0) is 4.79 Å². The van der Waals surface area contributed by atoms with E-state index in [9.17, 15) is 19.1 Å². The molecule has 1 aliphatic heterocycles. The van der Waals surface area contributed by atoms with E-state index in [1.165, 1.54) is 23.1 Å². The topological polar surface area (TPSA) is 96.5 Å². The second-order valence-electron chi connectivity index (χ2n) is 6.07. The average Bonchev–Trinajstić information content (AvgIpc) is 3.10. The van der Waals surface area contributed by atoms with Crippen molar-refractivity contribution in [3.63, 3.8) is 0 Å². The Bertz CT molecular complexity index is 976. The average molecular weight is 373 g/mol. The van der Waals surface area contributed by atoms with Gasteiger partial charge in [-0.25, -0.2) is 9.37 Å². The van der Waals surface area contributed by atoms with Gasteiger partial charge in [-0.2, -0.15) is 0 Å². The number of primary amides is 1. The van der Waals surface area contributed by atoms with Crippen LogP contribution in [-0.4, -0.2) is 46.0 Å². The van der Waals surface area contributed by atoms with Gasteiger partial charge in [0.15, 0.2) is 0 Å². The third-order valence-corrected chi connectivity index (χ3v) is 5.15. The number of thiazole rings is 1. The quantitative estimate of drug-likeness (QED) is 0.776. The summed E-state index contributed by atoms with van der Waals surface area (Å²) >= 11 is 1.15. The largest absolute Gasteiger partial charge is 0.369 e. The predicted octanol–water partition coefficient (Wildman–Crippen LogP) is 1.30. The van der Waals surface area contributed by atoms with Crippen molar-refractivity contribution in [1.29, 1.82) is 0 Å². The highest BCUT2D eigenvalue weighted by atomic mass is 32.1. The first-order chi connectivity index (χ1) is 12.2. The van der Waals surface area contributed by atoms with Crippen LogP contribution in [0.3, 0.4) is 0 Å². The number of hydrogen-bond donors (Lipinski definition) is 2. The number of halogens is 1. The van der Waals surface area contributed by atoms with E-state index in [4.69, 9.17) is 5.73 Å². The Morgan fingerprint density at radius 3 is 2.81 bits per heavy atom. The molecular weight excluding hydrogens is 357 g/mol. The van der Waals surface area contributed by atoms with Crippen molar-refractivity contribution in [3.05, 3.63) is 40.2 Å². The molecule has 1 atom stereocenters. The molecule has 6 nitrogen and oxygen atoms in total. The number of aromatic nitrogens is 1. The lowest BCUT2D eigenvalue weighted by molar-refractivity contribution is -0.137. The van der Waals surface area contributed by atoms with Gasteiger partial charge < -0.3 is 15.7 Å². The lowest BCUT2D eigenvalue weighted by atomic mass is 10.0. The number of aliphatic hydroxyl groups is 1. The van der Waals surface area contributed by atoms with Crippen LogP contribution < -0.4 is 5.73 Å². The minimum Gasteiger partial charge on any atom is -0.369 e. The molecule has 0 radical (unpaired) electrons. The second kappa shape index (κ2) is 6.52. The maximum Gasteiger partial charge on any atom is 0.268 e. The number of carbonyl (C=O) groups is 2. The van der Waals surface area contributed by atoms with Crippen molar-refractivity contribution in [3.8, 4) is 22.4 Å². The number of carbonyl (C=O) groups excluding carboxylic acids is 2. The van der Waals surface area contributed by atoms with Gasteiger partial charge in [0.2, 0.25) is 5.60 Å². The normalized spacial score (nSPS) is 19.4. The van der Waals surface area contributed by atoms with Gasteiger partial charge in [-0.05, 0) is 25.1 Å². The summed E-state index contributed by atoms with van der Waals surface area (Å²) in [4.78, 5) is 29.4. The van der Waals surface area contributed by atoms with Crippen molar-refractivity contribution >= 4 is 23.2 Å². The molecule has 8 heteroatoms. The van der Waals surface area contributed by atoms with Gasteiger partial charge in [0.1, 0.15) is 16.5 Å². The van der Waals surface area contributed by atoms with Gasteiger partial charge in [0.05, 0.1) is 0 Å². The van der Waals surface area contributed by atoms with Gasteiger partial charge in [-0.15, -0.1) is 11.3 Å². The molecule has 26 heavy (non-hydrogen) atoms. The minimum atomic E-state index is -1.72. The zero-order chi connectivity index (χ0) is 19.1. The van der Waals surface area contributed by atoms with Gasteiger partial charge >= 0.3 is 0 Å². The van der Waals surface area contributed by atoms with Gasteiger partial charge in [0, 0.05) is 36.0 Å². The van der Waals surface area contributed by atoms with Crippen molar-refractivity contribution < 1.29 is 19.1 Å². The fraction of sp³-hybridized carbons (Fsp3) is 0.278. The van der Waals surface area contributed by atoms with E-state index in [1.54, 1.807) is 14.0 Å². The third-order valence-electron chi connectivity index (χ3n) is 4.15. The molecule has 1 aromatic heterocycles. The summed E-state index contributed by atoms with van der Waals surface area (Å²) in [7, 11) is 1.60. The van der Waals surface area contributed by atoms with Crippen LogP contribution in [0.2, 0.25) is 0 Å². The SMILES string of the molecule is Cc1sc(-c2cc(C#CC3(O)CCN(C)C3=O)ccc2F)nc1C(N)=O. The first-order valence-electron chi connectivity index (χ1n) is 7.79. The third kappa shape index (κ3) is 3.19. The van der Waals surface area contributed by atoms with Gasteiger partial charge in [0.25, 0.3) is 11.8 Å². The van der Waals surface area contributed by atoms with Crippen LogP contribution in [0.15, 0.2) is 18.2 Å². The number of likely N-dealkylation sites (tertiary alicyclic amines) is 1. The fourth-order valence-electron chi connectivity index (χ4n) is 2.65. The molecule has 1 saturated heterocycles. The molecule has 3 N–H and O–H groups in total. The number of rotatable bonds is 2. The van der Waals surface area contributed by atoms with E-state index >= 15 is 0 Å². The fourth-order valence-corrected chi connectivity index (χ4v) is 3.59. The standard InChI is InChI=1S/C18H16FN3O3S/c1-10-14(15(20)23)21-16(26-10)12-9-11(3-4-13(12)19)5-6-18(25)7-8-22(2)17(18)24/h3-4,9,25H,7-8H2,1-2H3,(H2,20,23). The lowest BCUT2D eigenvalue weighted by Crippen LogP contribution is -2.37. The highest BCUT2D eigenvalue weighted by Gasteiger charge is 2.42. The van der Waals surface area contributed by atoms with Crippen LogP contribution in [0, 0.1) is 24.6 Å². The summed E-state index contributed by atoms with van der Waals surface area (Å²) in [6, 6.07) is 4.15. The number of benzene rings is 1. The minimum absolute atomic E-state index is 0.106.